The zero-order valence-electron chi connectivity index (χ0n) is 20.8. The highest BCUT2D eigenvalue weighted by atomic mass is 16.8. The predicted octanol–water partition coefficient (Wildman–Crippen LogP) is -0.0743. The molecular formula is C27H30N2O10. The summed E-state index contributed by atoms with van der Waals surface area (Å²) in [5.41, 5.74) is 2.81. The van der Waals surface area contributed by atoms with E-state index in [2.05, 4.69) is 11.6 Å². The second-order valence-electron chi connectivity index (χ2n) is 10.4. The number of hydrogen-bond acceptors (Lipinski definition) is 9. The van der Waals surface area contributed by atoms with E-state index in [4.69, 9.17) is 14.2 Å². The highest BCUT2D eigenvalue weighted by Gasteiger charge is 2.53. The fourth-order valence-electron chi connectivity index (χ4n) is 6.40. The second kappa shape index (κ2) is 9.73. The van der Waals surface area contributed by atoms with Crippen LogP contribution in [0.5, 0.6) is 0 Å². The van der Waals surface area contributed by atoms with E-state index in [9.17, 15) is 35.1 Å². The maximum absolute atomic E-state index is 13.8. The number of nitrogens with zero attached hydrogens (tertiary/aromatic N) is 1. The first-order chi connectivity index (χ1) is 18.7. The molecule has 0 radical (unpaired) electrons. The van der Waals surface area contributed by atoms with Crippen molar-refractivity contribution in [1.29, 1.82) is 0 Å². The Balaban J connectivity index is 1.33. The Morgan fingerprint density at radius 3 is 2.67 bits per heavy atom. The number of amides is 1. The molecule has 10 atom stereocenters. The first-order valence-corrected chi connectivity index (χ1v) is 12.8. The molecule has 4 aliphatic rings. The summed E-state index contributed by atoms with van der Waals surface area (Å²) in [5, 5.41) is 51.1. The zero-order chi connectivity index (χ0) is 27.6. The molecule has 4 aliphatic heterocycles. The van der Waals surface area contributed by atoms with E-state index in [1.54, 1.807) is 6.08 Å². The summed E-state index contributed by atoms with van der Waals surface area (Å²) in [4.78, 5) is 30.9. The van der Waals surface area contributed by atoms with E-state index in [0.29, 0.717) is 6.42 Å². The van der Waals surface area contributed by atoms with Gasteiger partial charge in [-0.25, -0.2) is 4.79 Å². The molecule has 2 aromatic rings. The number of carbonyl (C=O) groups is 2. The Morgan fingerprint density at radius 2 is 1.95 bits per heavy atom. The lowest BCUT2D eigenvalue weighted by atomic mass is 9.73. The molecule has 12 heteroatoms. The number of piperidine rings is 1. The third-order valence-electron chi connectivity index (χ3n) is 8.39. The number of carboxylic acids is 1. The molecule has 2 saturated heterocycles. The number of benzene rings is 1. The lowest BCUT2D eigenvalue weighted by Crippen LogP contribution is -2.60. The number of aliphatic hydroxyl groups excluding tert-OH is 4. The van der Waals surface area contributed by atoms with Crippen LogP contribution in [0.4, 0.5) is 0 Å². The van der Waals surface area contributed by atoms with Crippen LogP contribution in [0.25, 0.3) is 10.9 Å². The molecule has 208 valence electrons. The third kappa shape index (κ3) is 3.98. The number of aromatic amines is 1. The summed E-state index contributed by atoms with van der Waals surface area (Å²) >= 11 is 0. The second-order valence-corrected chi connectivity index (χ2v) is 10.4. The van der Waals surface area contributed by atoms with Gasteiger partial charge in [0.2, 0.25) is 6.29 Å². The number of carboxylic acid groups (broad SMARTS) is 1. The van der Waals surface area contributed by atoms with Crippen molar-refractivity contribution in [3.8, 4) is 0 Å². The van der Waals surface area contributed by atoms with Crippen molar-refractivity contribution in [3.63, 3.8) is 0 Å². The molecular weight excluding hydrogens is 512 g/mol. The molecule has 0 spiro atoms. The van der Waals surface area contributed by atoms with Crippen LogP contribution < -0.4 is 0 Å². The normalized spacial score (nSPS) is 37.8. The van der Waals surface area contributed by atoms with Crippen LogP contribution >= 0.6 is 0 Å². The number of hydrogen-bond donors (Lipinski definition) is 6. The number of fused-ring (bicyclic) bond motifs is 6. The van der Waals surface area contributed by atoms with Crippen molar-refractivity contribution in [1.82, 2.24) is 9.88 Å². The van der Waals surface area contributed by atoms with Gasteiger partial charge >= 0.3 is 5.97 Å². The number of aliphatic hydroxyl groups is 4. The number of aliphatic carboxylic acids is 1. The minimum atomic E-state index is -1.63. The number of aromatic nitrogens is 1. The van der Waals surface area contributed by atoms with Gasteiger partial charge in [-0.15, -0.1) is 6.58 Å². The summed E-state index contributed by atoms with van der Waals surface area (Å²) in [6, 6.07) is 6.01. The summed E-state index contributed by atoms with van der Waals surface area (Å²) in [6.45, 7) is 3.29. The molecule has 6 N–H and O–H groups in total. The van der Waals surface area contributed by atoms with Crippen molar-refractivity contribution in [2.75, 3.05) is 6.61 Å². The monoisotopic (exact) mass is 542 g/mol. The van der Waals surface area contributed by atoms with E-state index in [-0.39, 0.29) is 12.0 Å². The summed E-state index contributed by atoms with van der Waals surface area (Å²) < 4.78 is 17.1. The largest absolute Gasteiger partial charge is 0.480 e. The van der Waals surface area contributed by atoms with Gasteiger partial charge in [0.15, 0.2) is 6.29 Å². The Hall–Kier alpha value is -3.26. The van der Waals surface area contributed by atoms with Crippen LogP contribution in [-0.4, -0.2) is 96.9 Å². The number of para-hydroxylation sites is 1. The number of nitrogens with one attached hydrogen (secondary N) is 1. The Labute approximate surface area is 222 Å². The zero-order valence-corrected chi connectivity index (χ0v) is 20.8. The summed E-state index contributed by atoms with van der Waals surface area (Å²) in [7, 11) is 0. The van der Waals surface area contributed by atoms with Crippen molar-refractivity contribution in [2.24, 2.45) is 11.8 Å². The molecule has 12 nitrogen and oxygen atoms in total. The molecule has 0 saturated carbocycles. The molecule has 2 fully saturated rings. The quantitative estimate of drug-likeness (QED) is 0.280. The molecule has 0 unspecified atom stereocenters. The standard InChI is InChI=1S/C27H30N2O10/c1-2-11-13-7-17-20-14(12-5-3-4-6-16(12)28-20)8-18(25(35)36)29(17)24(34)15(13)10-37-26(11)39-27-23(33)22(32)21(31)19(9-30)38-27/h2-6,10-11,13,17-19,21-23,26-28,30-33H,1,7-9H2,(H,35,36)/t11-,13+,17+,18+,19+,21+,22-,23+,26+,27-/m1/s1. The SMILES string of the molecule is C=C[C@H]1[C@H](O[C@H]2O[C@@H](CO)[C@H](O)[C@@H](O)[C@@H]2O)OC=C2C(=O)N3[C@H](C(=O)O)Cc4c([nH]c5ccccc45)[C@@H]3C[C@H]21. The van der Waals surface area contributed by atoms with E-state index in [1.807, 2.05) is 24.3 Å². The fourth-order valence-corrected chi connectivity index (χ4v) is 6.40. The molecule has 39 heavy (non-hydrogen) atoms. The Morgan fingerprint density at radius 1 is 1.18 bits per heavy atom. The van der Waals surface area contributed by atoms with Crippen molar-refractivity contribution in [3.05, 3.63) is 60.0 Å². The lowest BCUT2D eigenvalue weighted by molar-refractivity contribution is -0.339. The Bertz CT molecular complexity index is 1340. The molecule has 1 amide bonds. The Kier molecular flexibility index (Phi) is 6.49. The topological polar surface area (TPSA) is 182 Å². The van der Waals surface area contributed by atoms with Gasteiger partial charge in [0.1, 0.15) is 30.5 Å². The van der Waals surface area contributed by atoms with Gasteiger partial charge in [-0.3, -0.25) is 4.79 Å². The van der Waals surface area contributed by atoms with Gasteiger partial charge in [0, 0.05) is 34.9 Å². The number of ether oxygens (including phenoxy) is 3. The van der Waals surface area contributed by atoms with Gasteiger partial charge in [-0.1, -0.05) is 24.3 Å². The van der Waals surface area contributed by atoms with Crippen LogP contribution in [-0.2, 0) is 30.2 Å². The van der Waals surface area contributed by atoms with E-state index >= 15 is 0 Å². The highest BCUT2D eigenvalue weighted by Crippen LogP contribution is 2.49. The van der Waals surface area contributed by atoms with E-state index in [1.165, 1.54) is 11.2 Å². The third-order valence-corrected chi connectivity index (χ3v) is 8.39. The number of rotatable bonds is 5. The minimum absolute atomic E-state index is 0.170. The smallest absolute Gasteiger partial charge is 0.326 e. The van der Waals surface area contributed by atoms with Crippen LogP contribution in [0.15, 0.2) is 48.8 Å². The van der Waals surface area contributed by atoms with Crippen LogP contribution in [0.1, 0.15) is 23.7 Å². The van der Waals surface area contributed by atoms with Gasteiger partial charge in [0.05, 0.1) is 24.5 Å². The number of H-pyrrole nitrogens is 1. The van der Waals surface area contributed by atoms with Crippen LogP contribution in [0, 0.1) is 11.8 Å². The van der Waals surface area contributed by atoms with E-state index < -0.39 is 79.4 Å². The van der Waals surface area contributed by atoms with E-state index in [0.717, 1.165) is 22.2 Å². The fraction of sp³-hybridized carbons (Fsp3) is 0.481. The first kappa shape index (κ1) is 26.0. The summed E-state index contributed by atoms with van der Waals surface area (Å²) in [6.07, 6.45) is -5.14. The highest BCUT2D eigenvalue weighted by molar-refractivity contribution is 5.99. The van der Waals surface area contributed by atoms with Gasteiger partial charge in [-0.05, 0) is 18.1 Å². The van der Waals surface area contributed by atoms with Crippen molar-refractivity contribution < 1.29 is 49.3 Å². The maximum atomic E-state index is 13.8. The first-order valence-electron chi connectivity index (χ1n) is 12.8. The van der Waals surface area contributed by atoms with Gasteiger partial charge < -0.3 is 49.6 Å². The molecule has 0 aliphatic carbocycles. The van der Waals surface area contributed by atoms with Crippen molar-refractivity contribution >= 4 is 22.8 Å². The molecule has 6 rings (SSSR count). The average molecular weight is 543 g/mol. The van der Waals surface area contributed by atoms with Crippen LogP contribution in [0.3, 0.4) is 0 Å². The molecule has 1 aromatic heterocycles. The maximum Gasteiger partial charge on any atom is 0.326 e. The van der Waals surface area contributed by atoms with Gasteiger partial charge in [0.25, 0.3) is 5.91 Å². The molecule has 5 heterocycles. The lowest BCUT2D eigenvalue weighted by Gasteiger charge is -2.49. The van der Waals surface area contributed by atoms with Crippen LogP contribution in [0.2, 0.25) is 0 Å². The predicted molar refractivity (Wildman–Crippen MR) is 133 cm³/mol. The summed E-state index contributed by atoms with van der Waals surface area (Å²) in [5.74, 6) is -2.62. The average Bonchev–Trinajstić information content (AvgIpc) is 3.31. The molecule has 0 bridgehead atoms. The number of carbonyl (C=O) groups excluding carboxylic acids is 1. The van der Waals surface area contributed by atoms with Gasteiger partial charge in [-0.2, -0.15) is 0 Å². The van der Waals surface area contributed by atoms with Crippen molar-refractivity contribution in [2.45, 2.75) is 61.9 Å². The minimum Gasteiger partial charge on any atom is -0.480 e. The molecule has 1 aromatic carbocycles.